The Morgan fingerprint density at radius 2 is 1.96 bits per heavy atom. The van der Waals surface area contributed by atoms with Crippen molar-refractivity contribution in [1.29, 1.82) is 0 Å². The van der Waals surface area contributed by atoms with Crippen molar-refractivity contribution in [1.82, 2.24) is 20.0 Å². The van der Waals surface area contributed by atoms with Gasteiger partial charge in [0.15, 0.2) is 0 Å². The van der Waals surface area contributed by atoms with Gasteiger partial charge in [-0.25, -0.2) is 9.07 Å². The monoisotopic (exact) mass is 392 g/mol. The topological polar surface area (TPSA) is 50.2 Å². The third kappa shape index (κ3) is 5.08. The van der Waals surface area contributed by atoms with Crippen molar-refractivity contribution < 1.29 is 9.18 Å². The van der Waals surface area contributed by atoms with Crippen molar-refractivity contribution in [3.8, 4) is 0 Å². The molecule has 1 aliphatic heterocycles. The second-order valence-corrected chi connectivity index (χ2v) is 7.68. The quantitative estimate of drug-likeness (QED) is 0.818. The summed E-state index contributed by atoms with van der Waals surface area (Å²) in [6, 6.07) is 6.17. The molecule has 0 bridgehead atoms. The van der Waals surface area contributed by atoms with E-state index in [0.717, 1.165) is 25.1 Å². The maximum Gasteiger partial charge on any atom is 0.256 e. The number of aryl methyl sites for hydroxylation is 1. The Bertz CT molecular complexity index is 782. The van der Waals surface area contributed by atoms with Gasteiger partial charge < -0.3 is 10.2 Å². The molecule has 1 aliphatic rings. The number of hydrogen-bond acceptors (Lipinski definition) is 3. The maximum atomic E-state index is 13.0. The van der Waals surface area contributed by atoms with Crippen molar-refractivity contribution in [2.24, 2.45) is 5.92 Å². The van der Waals surface area contributed by atoms with Crippen LogP contribution in [0.15, 0.2) is 24.3 Å². The fourth-order valence-corrected chi connectivity index (χ4v) is 3.83. The van der Waals surface area contributed by atoms with Crippen LogP contribution < -0.4 is 5.32 Å². The number of carbonyl (C=O) groups is 1. The molecule has 7 heteroatoms. The van der Waals surface area contributed by atoms with Crippen molar-refractivity contribution in [2.75, 3.05) is 26.7 Å². The molecule has 1 N–H and O–H groups in total. The van der Waals surface area contributed by atoms with Crippen LogP contribution in [0, 0.1) is 18.7 Å². The van der Waals surface area contributed by atoms with Crippen LogP contribution in [0.5, 0.6) is 0 Å². The van der Waals surface area contributed by atoms with E-state index < -0.39 is 0 Å². The van der Waals surface area contributed by atoms with Crippen molar-refractivity contribution in [2.45, 2.75) is 32.7 Å². The minimum atomic E-state index is -0.286. The normalized spacial score (nSPS) is 15.9. The number of nitrogens with zero attached hydrogens (tertiary/aromatic N) is 3. The summed E-state index contributed by atoms with van der Waals surface area (Å²) in [5.74, 6) is 0.196. The van der Waals surface area contributed by atoms with Gasteiger partial charge in [0.2, 0.25) is 0 Å². The molecule has 146 valence electrons. The van der Waals surface area contributed by atoms with Crippen LogP contribution in [0.4, 0.5) is 4.39 Å². The average Bonchev–Trinajstić information content (AvgIpc) is 2.92. The van der Waals surface area contributed by atoms with Crippen molar-refractivity contribution >= 4 is 17.5 Å². The van der Waals surface area contributed by atoms with Crippen LogP contribution in [0.25, 0.3) is 0 Å². The summed E-state index contributed by atoms with van der Waals surface area (Å²) < 4.78 is 14.6. The lowest BCUT2D eigenvalue weighted by atomic mass is 9.94. The van der Waals surface area contributed by atoms with Crippen molar-refractivity contribution in [3.05, 3.63) is 52.1 Å². The van der Waals surface area contributed by atoms with E-state index >= 15 is 0 Å². The zero-order valence-corrected chi connectivity index (χ0v) is 16.6. The number of carbonyl (C=O) groups excluding carboxylic acids is 1. The second kappa shape index (κ2) is 8.85. The molecule has 0 spiro atoms. The summed E-state index contributed by atoms with van der Waals surface area (Å²) in [6.07, 6.45) is 3.35. The molecule has 0 unspecified atom stereocenters. The SMILES string of the molecule is Cc1nn(Cc2ccc(F)cc2)c(Cl)c1C(=O)NCCC1CCN(C)CC1. The molecule has 27 heavy (non-hydrogen) atoms. The highest BCUT2D eigenvalue weighted by atomic mass is 35.5. The summed E-state index contributed by atoms with van der Waals surface area (Å²) in [7, 11) is 2.15. The van der Waals surface area contributed by atoms with Gasteiger partial charge in [0, 0.05) is 6.54 Å². The predicted molar refractivity (Wildman–Crippen MR) is 105 cm³/mol. The third-order valence-electron chi connectivity index (χ3n) is 5.21. The number of aromatic nitrogens is 2. The number of halogens is 2. The molecule has 1 saturated heterocycles. The lowest BCUT2D eigenvalue weighted by molar-refractivity contribution is 0.0948. The minimum absolute atomic E-state index is 0.184. The molecule has 5 nitrogen and oxygen atoms in total. The highest BCUT2D eigenvalue weighted by Gasteiger charge is 2.21. The predicted octanol–water partition coefficient (Wildman–Crippen LogP) is 3.49. The van der Waals surface area contributed by atoms with Gasteiger partial charge >= 0.3 is 0 Å². The van der Waals surface area contributed by atoms with Gasteiger partial charge in [-0.05, 0) is 69.9 Å². The van der Waals surface area contributed by atoms with Gasteiger partial charge in [-0.3, -0.25) is 4.79 Å². The molecule has 0 atom stereocenters. The van der Waals surface area contributed by atoms with Crippen LogP contribution in [-0.2, 0) is 6.54 Å². The maximum absolute atomic E-state index is 13.0. The number of likely N-dealkylation sites (tertiary alicyclic amines) is 1. The fraction of sp³-hybridized carbons (Fsp3) is 0.500. The molecular formula is C20H26ClFN4O. The number of rotatable bonds is 6. The minimum Gasteiger partial charge on any atom is -0.352 e. The zero-order chi connectivity index (χ0) is 19.4. The Morgan fingerprint density at radius 1 is 1.30 bits per heavy atom. The Hall–Kier alpha value is -1.92. The lowest BCUT2D eigenvalue weighted by Crippen LogP contribution is -2.32. The number of piperidine rings is 1. The summed E-state index contributed by atoms with van der Waals surface area (Å²) in [5.41, 5.74) is 1.89. The van der Waals surface area contributed by atoms with Crippen LogP contribution in [0.3, 0.4) is 0 Å². The van der Waals surface area contributed by atoms with E-state index in [1.807, 2.05) is 0 Å². The Kier molecular flexibility index (Phi) is 6.50. The molecule has 0 aliphatic carbocycles. The lowest BCUT2D eigenvalue weighted by Gasteiger charge is -2.28. The molecule has 0 radical (unpaired) electrons. The smallest absolute Gasteiger partial charge is 0.256 e. The van der Waals surface area contributed by atoms with Gasteiger partial charge in [-0.1, -0.05) is 23.7 Å². The summed E-state index contributed by atoms with van der Waals surface area (Å²) in [6.45, 7) is 5.06. The van der Waals surface area contributed by atoms with Crippen LogP contribution >= 0.6 is 11.6 Å². The Balaban J connectivity index is 1.58. The first kappa shape index (κ1) is 19.8. The van der Waals surface area contributed by atoms with Gasteiger partial charge in [0.25, 0.3) is 5.91 Å². The number of benzene rings is 1. The Labute approximate surface area is 164 Å². The van der Waals surface area contributed by atoms with E-state index in [1.54, 1.807) is 23.7 Å². The van der Waals surface area contributed by atoms with Crippen LogP contribution in [0.2, 0.25) is 5.15 Å². The number of hydrogen-bond donors (Lipinski definition) is 1. The first-order valence-electron chi connectivity index (χ1n) is 9.38. The molecule has 3 rings (SSSR count). The van der Waals surface area contributed by atoms with E-state index in [4.69, 9.17) is 11.6 Å². The first-order valence-corrected chi connectivity index (χ1v) is 9.76. The summed E-state index contributed by atoms with van der Waals surface area (Å²) >= 11 is 6.41. The van der Waals surface area contributed by atoms with E-state index in [1.165, 1.54) is 25.0 Å². The van der Waals surface area contributed by atoms with Gasteiger partial charge in [0.1, 0.15) is 11.0 Å². The highest BCUT2D eigenvalue weighted by molar-refractivity contribution is 6.33. The molecule has 2 aromatic rings. The molecule has 1 aromatic carbocycles. The second-order valence-electron chi connectivity index (χ2n) is 7.33. The van der Waals surface area contributed by atoms with Crippen LogP contribution in [-0.4, -0.2) is 47.3 Å². The van der Waals surface area contributed by atoms with E-state index in [-0.39, 0.29) is 11.7 Å². The molecule has 0 saturated carbocycles. The van der Waals surface area contributed by atoms with Gasteiger partial charge in [-0.2, -0.15) is 5.10 Å². The standard InChI is InChI=1S/C20H26ClFN4O/c1-14-18(20(27)23-10-7-15-8-11-25(2)12-9-15)19(21)26(24-14)13-16-3-5-17(22)6-4-16/h3-6,15H,7-13H2,1-2H3,(H,23,27). The summed E-state index contributed by atoms with van der Waals surface area (Å²) in [5, 5.41) is 7.68. The van der Waals surface area contributed by atoms with Gasteiger partial charge in [-0.15, -0.1) is 0 Å². The summed E-state index contributed by atoms with van der Waals surface area (Å²) in [4.78, 5) is 14.9. The highest BCUT2D eigenvalue weighted by Crippen LogP contribution is 2.22. The number of nitrogens with one attached hydrogen (secondary N) is 1. The average molecular weight is 393 g/mol. The molecular weight excluding hydrogens is 367 g/mol. The van der Waals surface area contributed by atoms with E-state index in [9.17, 15) is 9.18 Å². The van der Waals surface area contributed by atoms with Crippen molar-refractivity contribution in [3.63, 3.8) is 0 Å². The first-order chi connectivity index (χ1) is 12.9. The van der Waals surface area contributed by atoms with Gasteiger partial charge in [0.05, 0.1) is 17.8 Å². The molecule has 1 amide bonds. The van der Waals surface area contributed by atoms with Crippen LogP contribution in [0.1, 0.15) is 40.9 Å². The fourth-order valence-electron chi connectivity index (χ4n) is 3.51. The molecule has 1 fully saturated rings. The van der Waals surface area contributed by atoms with E-state index in [0.29, 0.717) is 35.4 Å². The number of amides is 1. The Morgan fingerprint density at radius 3 is 2.63 bits per heavy atom. The molecule has 2 heterocycles. The molecule has 1 aromatic heterocycles. The largest absolute Gasteiger partial charge is 0.352 e. The zero-order valence-electron chi connectivity index (χ0n) is 15.8. The van der Waals surface area contributed by atoms with E-state index in [2.05, 4.69) is 22.4 Å². The third-order valence-corrected chi connectivity index (χ3v) is 5.60.